The van der Waals surface area contributed by atoms with Crippen LogP contribution in [0.4, 0.5) is 0 Å². The smallest absolute Gasteiger partial charge is 0.399 e. The summed E-state index contributed by atoms with van der Waals surface area (Å²) in [5, 5.41) is 0. The molecule has 0 bridgehead atoms. The van der Waals surface area contributed by atoms with Crippen LogP contribution in [-0.4, -0.2) is 28.3 Å². The van der Waals surface area contributed by atoms with E-state index < -0.39 is 18.3 Å². The Bertz CT molecular complexity index is 1410. The van der Waals surface area contributed by atoms with Gasteiger partial charge < -0.3 is 9.31 Å². The highest BCUT2D eigenvalue weighted by molar-refractivity contribution is 6.63. The molecule has 1 aromatic heterocycles. The van der Waals surface area contributed by atoms with E-state index >= 15 is 0 Å². The summed E-state index contributed by atoms with van der Waals surface area (Å²) in [6.45, 7) is 7.60. The number of hydrogen-bond donors (Lipinski definition) is 0. The third kappa shape index (κ3) is 4.10. The fourth-order valence-corrected chi connectivity index (χ4v) is 3.71. The van der Waals surface area contributed by atoms with Crippen molar-refractivity contribution in [3.63, 3.8) is 0 Å². The summed E-state index contributed by atoms with van der Waals surface area (Å²) in [5.41, 5.74) is 1.95. The third-order valence-electron chi connectivity index (χ3n) is 6.29. The molecule has 3 aromatic carbocycles. The van der Waals surface area contributed by atoms with Crippen LogP contribution in [0, 0.1) is 0 Å². The average Bonchev–Trinajstić information content (AvgIpc) is 3.11. The Labute approximate surface area is 201 Å². The van der Waals surface area contributed by atoms with Crippen LogP contribution >= 0.6 is 0 Å². The molecule has 0 N–H and O–H groups in total. The second kappa shape index (κ2) is 8.25. The van der Waals surface area contributed by atoms with E-state index in [1.165, 1.54) is 0 Å². The van der Waals surface area contributed by atoms with Crippen molar-refractivity contribution in [2.45, 2.75) is 38.9 Å². The van der Waals surface area contributed by atoms with Crippen molar-refractivity contribution in [3.05, 3.63) is 90.9 Å². The summed E-state index contributed by atoms with van der Waals surface area (Å²) in [7, 11) is -1.02. The molecule has 0 unspecified atom stereocenters. The van der Waals surface area contributed by atoms with E-state index in [1.807, 2.05) is 94.4 Å². The van der Waals surface area contributed by atoms with Crippen LogP contribution in [0.2, 0.25) is 0 Å². The van der Waals surface area contributed by atoms with E-state index in [4.69, 9.17) is 24.8 Å². The molecule has 33 heavy (non-hydrogen) atoms. The van der Waals surface area contributed by atoms with Gasteiger partial charge in [0.1, 0.15) is 0 Å². The van der Waals surface area contributed by atoms with Gasteiger partial charge in [-0.25, -0.2) is 9.97 Å². The van der Waals surface area contributed by atoms with Crippen molar-refractivity contribution >= 4 is 12.6 Å². The minimum atomic E-state index is -1.02. The first-order valence-corrected chi connectivity index (χ1v) is 11.0. The zero-order chi connectivity index (χ0) is 26.5. The standard InChI is InChI=1S/C28H27BN2O2/c1-27(2)28(3,4)33-29(32-27)23-18-12-11-17-22(23)26-30-24(20-13-7-5-8-14-20)19-25(31-26)21-15-9-6-10-16-21/h5-19H,1-4H3/i11D,12D,17D,18D. The van der Waals surface area contributed by atoms with Crippen LogP contribution in [-0.2, 0) is 9.31 Å². The van der Waals surface area contributed by atoms with E-state index in [0.29, 0.717) is 11.4 Å². The fraction of sp³-hybridized carbons (Fsp3) is 0.214. The predicted molar refractivity (Wildman–Crippen MR) is 134 cm³/mol. The summed E-state index contributed by atoms with van der Waals surface area (Å²) in [4.78, 5) is 9.61. The molecule has 5 heteroatoms. The van der Waals surface area contributed by atoms with Gasteiger partial charge >= 0.3 is 7.12 Å². The highest BCUT2D eigenvalue weighted by Crippen LogP contribution is 2.37. The Morgan fingerprint density at radius 2 is 1.21 bits per heavy atom. The van der Waals surface area contributed by atoms with Gasteiger partial charge in [0.15, 0.2) is 5.82 Å². The normalized spacial score (nSPS) is 18.4. The Morgan fingerprint density at radius 3 is 1.73 bits per heavy atom. The first-order valence-electron chi connectivity index (χ1n) is 13.0. The minimum absolute atomic E-state index is 0.166. The van der Waals surface area contributed by atoms with Crippen LogP contribution < -0.4 is 5.46 Å². The summed E-state index contributed by atoms with van der Waals surface area (Å²) in [6, 6.07) is 20.0. The van der Waals surface area contributed by atoms with Crippen molar-refractivity contribution in [3.8, 4) is 33.9 Å². The van der Waals surface area contributed by atoms with Gasteiger partial charge in [0, 0.05) is 16.7 Å². The summed E-state index contributed by atoms with van der Waals surface area (Å²) >= 11 is 0. The number of nitrogens with zero attached hydrogens (tertiary/aromatic N) is 2. The molecule has 4 nitrogen and oxygen atoms in total. The highest BCUT2D eigenvalue weighted by atomic mass is 16.7. The molecular weight excluding hydrogens is 407 g/mol. The van der Waals surface area contributed by atoms with Gasteiger partial charge in [-0.2, -0.15) is 0 Å². The lowest BCUT2D eigenvalue weighted by molar-refractivity contribution is 0.00578. The molecule has 0 aliphatic carbocycles. The van der Waals surface area contributed by atoms with Crippen molar-refractivity contribution in [1.82, 2.24) is 9.97 Å². The first kappa shape index (κ1) is 17.2. The Kier molecular flexibility index (Phi) is 4.31. The molecule has 4 aromatic rings. The van der Waals surface area contributed by atoms with Crippen LogP contribution in [0.1, 0.15) is 33.2 Å². The minimum Gasteiger partial charge on any atom is -0.399 e. The maximum atomic E-state index is 8.84. The van der Waals surface area contributed by atoms with Crippen LogP contribution in [0.25, 0.3) is 33.9 Å². The van der Waals surface area contributed by atoms with E-state index in [-0.39, 0.29) is 41.0 Å². The van der Waals surface area contributed by atoms with Crippen LogP contribution in [0.3, 0.4) is 0 Å². The zero-order valence-corrected chi connectivity index (χ0v) is 19.1. The van der Waals surface area contributed by atoms with Gasteiger partial charge in [-0.15, -0.1) is 0 Å². The Morgan fingerprint density at radius 1 is 0.727 bits per heavy atom. The van der Waals surface area contributed by atoms with Gasteiger partial charge in [-0.1, -0.05) is 84.8 Å². The molecule has 0 radical (unpaired) electrons. The van der Waals surface area contributed by atoms with Crippen molar-refractivity contribution in [2.75, 3.05) is 0 Å². The number of benzene rings is 3. The molecule has 1 fully saturated rings. The summed E-state index contributed by atoms with van der Waals surface area (Å²) in [5.74, 6) is 0.178. The molecule has 0 spiro atoms. The largest absolute Gasteiger partial charge is 0.495 e. The lowest BCUT2D eigenvalue weighted by Gasteiger charge is -2.32. The molecule has 1 aliphatic rings. The summed E-state index contributed by atoms with van der Waals surface area (Å²) in [6.07, 6.45) is 0. The summed E-state index contributed by atoms with van der Waals surface area (Å²) < 4.78 is 46.9. The lowest BCUT2D eigenvalue weighted by Crippen LogP contribution is -2.41. The zero-order valence-electron chi connectivity index (χ0n) is 23.1. The second-order valence-corrected chi connectivity index (χ2v) is 9.07. The highest BCUT2D eigenvalue weighted by Gasteiger charge is 2.52. The SMILES string of the molecule is [2H]c1c([2H])c([2H])c(-c2nc(-c3ccccc3)cc(-c3ccccc3)n2)c(B2OC(C)(C)C(C)(C)O2)c1[2H]. The maximum absolute atomic E-state index is 8.84. The van der Waals surface area contributed by atoms with E-state index in [2.05, 4.69) is 0 Å². The fourth-order valence-electron chi connectivity index (χ4n) is 3.71. The van der Waals surface area contributed by atoms with Crippen molar-refractivity contribution in [2.24, 2.45) is 0 Å². The average molecular weight is 438 g/mol. The molecule has 1 saturated heterocycles. The lowest BCUT2D eigenvalue weighted by atomic mass is 9.75. The maximum Gasteiger partial charge on any atom is 0.495 e. The molecular formula is C28H27BN2O2. The topological polar surface area (TPSA) is 44.2 Å². The number of hydrogen-bond acceptors (Lipinski definition) is 4. The van der Waals surface area contributed by atoms with Crippen molar-refractivity contribution in [1.29, 1.82) is 0 Å². The van der Waals surface area contributed by atoms with E-state index in [9.17, 15) is 0 Å². The monoisotopic (exact) mass is 438 g/mol. The Balaban J connectivity index is 1.80. The van der Waals surface area contributed by atoms with Crippen LogP contribution in [0.15, 0.2) is 90.9 Å². The van der Waals surface area contributed by atoms with Crippen LogP contribution in [0.5, 0.6) is 0 Å². The third-order valence-corrected chi connectivity index (χ3v) is 6.29. The van der Waals surface area contributed by atoms with Gasteiger partial charge in [0.2, 0.25) is 0 Å². The van der Waals surface area contributed by atoms with Gasteiger partial charge in [0.25, 0.3) is 0 Å². The first-order chi connectivity index (χ1) is 17.5. The molecule has 0 saturated carbocycles. The molecule has 1 aliphatic heterocycles. The number of aromatic nitrogens is 2. The quantitative estimate of drug-likeness (QED) is 0.379. The number of rotatable bonds is 4. The van der Waals surface area contributed by atoms with E-state index in [0.717, 1.165) is 11.1 Å². The molecule has 0 amide bonds. The van der Waals surface area contributed by atoms with Gasteiger partial charge in [-0.3, -0.25) is 0 Å². The molecule has 0 atom stereocenters. The molecule has 164 valence electrons. The van der Waals surface area contributed by atoms with Gasteiger partial charge in [-0.05, 0) is 39.2 Å². The van der Waals surface area contributed by atoms with Gasteiger partial charge in [0.05, 0.1) is 28.1 Å². The predicted octanol–water partition coefficient (Wildman–Crippen LogP) is 5.78. The molecule has 2 heterocycles. The second-order valence-electron chi connectivity index (χ2n) is 9.07. The Hall–Kier alpha value is -3.28. The van der Waals surface area contributed by atoms with Crippen molar-refractivity contribution < 1.29 is 14.8 Å². The van der Waals surface area contributed by atoms with E-state index in [1.54, 1.807) is 0 Å². The molecule has 5 rings (SSSR count).